The van der Waals surface area contributed by atoms with Gasteiger partial charge in [-0.1, -0.05) is 0 Å². The van der Waals surface area contributed by atoms with Crippen LogP contribution in [0, 0.1) is 6.23 Å². The fraction of sp³-hybridized carbons (Fsp3) is 0.500. The molecule has 0 fully saturated rings. The third-order valence-corrected chi connectivity index (χ3v) is 0. The molecule has 0 saturated heterocycles. The Morgan fingerprint density at radius 2 is 1.80 bits per heavy atom. The molecule has 5 heavy (non-hydrogen) atoms. The van der Waals surface area contributed by atoms with Crippen LogP contribution in [0.15, 0.2) is 0 Å². The van der Waals surface area contributed by atoms with Crippen LogP contribution in [0.4, 0.5) is 0 Å². The van der Waals surface area contributed by atoms with Gasteiger partial charge in [0.1, 0.15) is 0 Å². The van der Waals surface area contributed by atoms with Crippen molar-refractivity contribution in [2.75, 3.05) is 0 Å². The second kappa shape index (κ2) is 4.61. The first kappa shape index (κ1) is 9.15. The number of aliphatic hydroxyl groups excluding tert-OH is 1. The van der Waals surface area contributed by atoms with E-state index in [1.807, 2.05) is 0 Å². The third-order valence-electron chi connectivity index (χ3n) is 0. The average molecular weight is 255 g/mol. The summed E-state index contributed by atoms with van der Waals surface area (Å²) >= 11 is 0. The molecule has 0 bridgehead atoms. The molecule has 0 amide bonds. The summed E-state index contributed by atoms with van der Waals surface area (Å²) in [5.74, 6) is 0. The van der Waals surface area contributed by atoms with Crippen molar-refractivity contribution in [1.29, 1.82) is 0 Å². The van der Waals surface area contributed by atoms with Crippen molar-refractivity contribution in [2.24, 2.45) is 5.73 Å². The summed E-state index contributed by atoms with van der Waals surface area (Å²) in [7, 11) is 0. The van der Waals surface area contributed by atoms with Crippen molar-refractivity contribution >= 4 is 0 Å². The molecule has 3 heteroatoms. The first-order chi connectivity index (χ1) is 1.73. The molecule has 0 heterocycles. The van der Waals surface area contributed by atoms with E-state index in [1.54, 1.807) is 0 Å². The van der Waals surface area contributed by atoms with E-state index in [4.69, 9.17) is 5.11 Å². The van der Waals surface area contributed by atoms with Crippen molar-refractivity contribution in [3.8, 4) is 0 Å². The van der Waals surface area contributed by atoms with Crippen LogP contribution < -0.4 is 5.73 Å². The second-order valence-corrected chi connectivity index (χ2v) is 0.641. The molecule has 0 aliphatic rings. The third kappa shape index (κ3) is 84.7. The maximum atomic E-state index is 7.75. The first-order valence-electron chi connectivity index (χ1n) is 1.01. The summed E-state index contributed by atoms with van der Waals surface area (Å²) in [6.07, 6.45) is -0.0833. The normalized spacial score (nSPS) is 7.20. The number of hydrogen-bond acceptors (Lipinski definition) is 2. The van der Waals surface area contributed by atoms with Crippen molar-refractivity contribution in [2.45, 2.75) is 6.92 Å². The van der Waals surface area contributed by atoms with E-state index < -0.39 is 0 Å². The Labute approximate surface area is 45.6 Å². The monoisotopic (exact) mass is 255 g/mol. The fourth-order valence-electron chi connectivity index (χ4n) is 0. The second-order valence-electron chi connectivity index (χ2n) is 0.641. The first-order valence-corrected chi connectivity index (χ1v) is 1.01. The Hall–Kier alpha value is 0.608. The molecule has 0 rings (SSSR count). The summed E-state index contributed by atoms with van der Waals surface area (Å²) < 4.78 is 0. The van der Waals surface area contributed by atoms with E-state index in [9.17, 15) is 0 Å². The predicted octanol–water partition coefficient (Wildman–Crippen LogP) is -0.176. The molecular formula is C2H6NOPt-. The van der Waals surface area contributed by atoms with Gasteiger partial charge in [-0.15, -0.1) is 6.23 Å². The van der Waals surface area contributed by atoms with Crippen molar-refractivity contribution in [3.63, 3.8) is 0 Å². The molecule has 3 N–H and O–H groups in total. The van der Waals surface area contributed by atoms with Crippen molar-refractivity contribution in [3.05, 3.63) is 6.23 Å². The average Bonchev–Trinajstić information content (AvgIpc) is 0.811. The molecule has 0 atom stereocenters. The molecule has 0 aliphatic carbocycles. The number of rotatable bonds is 0. The van der Waals surface area contributed by atoms with Gasteiger partial charge in [0.25, 0.3) is 0 Å². The van der Waals surface area contributed by atoms with Crippen LogP contribution in [0.2, 0.25) is 0 Å². The molecule has 0 spiro atoms. The zero-order valence-electron chi connectivity index (χ0n) is 2.84. The topological polar surface area (TPSA) is 46.2 Å². The minimum atomic E-state index is -0.0833. The van der Waals surface area contributed by atoms with Gasteiger partial charge in [0.2, 0.25) is 0 Å². The van der Waals surface area contributed by atoms with Gasteiger partial charge in [0.15, 0.2) is 0 Å². The maximum Gasteiger partial charge on any atom is 0 e. The van der Waals surface area contributed by atoms with Crippen LogP contribution in [-0.4, -0.2) is 5.11 Å². The van der Waals surface area contributed by atoms with Crippen LogP contribution >= 0.6 is 0 Å². The molecule has 2 nitrogen and oxygen atoms in total. The predicted molar refractivity (Wildman–Crippen MR) is 15.0 cm³/mol. The molecule has 36 valence electrons. The Morgan fingerprint density at radius 3 is 1.80 bits per heavy atom. The number of nitrogens with two attached hydrogens (primary N) is 1. The van der Waals surface area contributed by atoms with E-state index in [1.165, 1.54) is 6.92 Å². The van der Waals surface area contributed by atoms with Crippen molar-refractivity contribution in [1.82, 2.24) is 0 Å². The van der Waals surface area contributed by atoms with Gasteiger partial charge in [-0.25, -0.2) is 0 Å². The Kier molecular flexibility index (Phi) is 8.43. The molecule has 0 aromatic rings. The molecule has 0 aromatic carbocycles. The molecular weight excluding hydrogens is 249 g/mol. The molecule has 0 saturated carbocycles. The summed E-state index contributed by atoms with van der Waals surface area (Å²) in [6.45, 7) is 1.42. The van der Waals surface area contributed by atoms with Gasteiger partial charge < -0.3 is 10.8 Å². The summed E-state index contributed by atoms with van der Waals surface area (Å²) in [5.41, 5.74) is 4.58. The minimum Gasteiger partial charge on any atom is -0.549 e. The van der Waals surface area contributed by atoms with Gasteiger partial charge >= 0.3 is 0 Å². The van der Waals surface area contributed by atoms with Gasteiger partial charge in [-0.05, 0) is 0 Å². The Morgan fingerprint density at radius 1 is 1.80 bits per heavy atom. The molecule has 0 aliphatic heterocycles. The molecule has 0 unspecified atom stereocenters. The van der Waals surface area contributed by atoms with Gasteiger partial charge in [-0.3, -0.25) is 0 Å². The zero-order chi connectivity index (χ0) is 3.58. The smallest absolute Gasteiger partial charge is 0 e. The Balaban J connectivity index is 0. The largest absolute Gasteiger partial charge is 0.549 e. The van der Waals surface area contributed by atoms with Crippen LogP contribution in [0.3, 0.4) is 0 Å². The zero-order valence-corrected chi connectivity index (χ0v) is 5.11. The van der Waals surface area contributed by atoms with E-state index >= 15 is 0 Å². The van der Waals surface area contributed by atoms with Gasteiger partial charge in [0, 0.05) is 21.1 Å². The summed E-state index contributed by atoms with van der Waals surface area (Å²) in [5, 5.41) is 7.75. The Bertz CT molecular complexity index is 14.4. The van der Waals surface area contributed by atoms with Gasteiger partial charge in [0.05, 0.1) is 0 Å². The SMILES string of the molecule is C[C-](N)O.[Pt]. The van der Waals surface area contributed by atoms with Crippen LogP contribution in [0.25, 0.3) is 0 Å². The molecule has 0 aromatic heterocycles. The maximum absolute atomic E-state index is 7.75. The van der Waals surface area contributed by atoms with Crippen LogP contribution in [-0.2, 0) is 21.1 Å². The van der Waals surface area contributed by atoms with E-state index in [2.05, 4.69) is 5.73 Å². The fourth-order valence-corrected chi connectivity index (χ4v) is 0. The number of aliphatic hydroxyl groups is 1. The van der Waals surface area contributed by atoms with Crippen LogP contribution in [0.5, 0.6) is 0 Å². The minimum absolute atomic E-state index is 0. The van der Waals surface area contributed by atoms with Gasteiger partial charge in [-0.2, -0.15) is 6.92 Å². The summed E-state index contributed by atoms with van der Waals surface area (Å²) in [4.78, 5) is 0. The van der Waals surface area contributed by atoms with Crippen molar-refractivity contribution < 1.29 is 26.2 Å². The standard InChI is InChI=1S/C2H6NO.Pt/c1-2(3)4;/h4H,3H2,1H3;/q-1;. The van der Waals surface area contributed by atoms with Crippen LogP contribution in [0.1, 0.15) is 6.92 Å². The quantitative estimate of drug-likeness (QED) is 0.590. The van der Waals surface area contributed by atoms with E-state index in [0.717, 1.165) is 0 Å². The van der Waals surface area contributed by atoms with E-state index in [-0.39, 0.29) is 27.3 Å². The molecule has 0 radical (unpaired) electrons. The van der Waals surface area contributed by atoms with E-state index in [0.29, 0.717) is 0 Å². The number of hydrogen-bond donors (Lipinski definition) is 2. The summed E-state index contributed by atoms with van der Waals surface area (Å²) in [6, 6.07) is 0.